The number of nitrogens with zero attached hydrogens (tertiary/aromatic N) is 2. The fraction of sp³-hybridized carbons (Fsp3) is 0.133. The standard InChI is InChI=1S/C15H16ClN3O2/c1-19(11-4-3-5-12(9-11)21-2)14-8-10(16)6-7-13(14)15(17)18-20/h3-9,20H,1-2H3,(H2,17,18). The van der Waals surface area contributed by atoms with Gasteiger partial charge in [-0.05, 0) is 30.3 Å². The van der Waals surface area contributed by atoms with Crippen molar-refractivity contribution in [2.24, 2.45) is 10.9 Å². The molecule has 2 aromatic rings. The van der Waals surface area contributed by atoms with E-state index in [9.17, 15) is 0 Å². The zero-order valence-corrected chi connectivity index (χ0v) is 12.5. The van der Waals surface area contributed by atoms with E-state index in [4.69, 9.17) is 27.3 Å². The molecule has 2 rings (SSSR count). The second-order valence-electron chi connectivity index (χ2n) is 4.41. The SMILES string of the molecule is COc1cccc(N(C)c2cc(Cl)ccc2C(N)=NO)c1. The minimum atomic E-state index is 0.0245. The lowest BCUT2D eigenvalue weighted by molar-refractivity contribution is 0.318. The maximum atomic E-state index is 8.91. The molecule has 2 aromatic carbocycles. The van der Waals surface area contributed by atoms with Crippen LogP contribution in [0.25, 0.3) is 0 Å². The first-order valence-corrected chi connectivity index (χ1v) is 6.60. The van der Waals surface area contributed by atoms with E-state index in [1.807, 2.05) is 36.2 Å². The quantitative estimate of drug-likeness (QED) is 0.394. The summed E-state index contributed by atoms with van der Waals surface area (Å²) in [6.07, 6.45) is 0. The van der Waals surface area contributed by atoms with Crippen LogP contribution in [0.4, 0.5) is 11.4 Å². The van der Waals surface area contributed by atoms with Crippen molar-refractivity contribution in [3.05, 3.63) is 53.1 Å². The minimum Gasteiger partial charge on any atom is -0.497 e. The lowest BCUT2D eigenvalue weighted by Gasteiger charge is -2.23. The molecule has 21 heavy (non-hydrogen) atoms. The van der Waals surface area contributed by atoms with Crippen LogP contribution in [0.3, 0.4) is 0 Å². The molecule has 0 unspecified atom stereocenters. The molecule has 0 amide bonds. The fourth-order valence-corrected chi connectivity index (χ4v) is 2.18. The molecule has 0 atom stereocenters. The molecule has 0 spiro atoms. The maximum absolute atomic E-state index is 8.91. The molecule has 0 heterocycles. The third kappa shape index (κ3) is 3.20. The molecular weight excluding hydrogens is 290 g/mol. The topological polar surface area (TPSA) is 71.1 Å². The van der Waals surface area contributed by atoms with Crippen molar-refractivity contribution in [3.8, 4) is 5.75 Å². The molecule has 0 aromatic heterocycles. The number of ether oxygens (including phenoxy) is 1. The Kier molecular flexibility index (Phi) is 4.55. The number of benzene rings is 2. The lowest BCUT2D eigenvalue weighted by Crippen LogP contribution is -2.19. The highest BCUT2D eigenvalue weighted by atomic mass is 35.5. The molecule has 0 aliphatic rings. The summed E-state index contributed by atoms with van der Waals surface area (Å²) in [5, 5.41) is 12.5. The van der Waals surface area contributed by atoms with Crippen molar-refractivity contribution >= 4 is 28.8 Å². The molecule has 3 N–H and O–H groups in total. The van der Waals surface area contributed by atoms with Crippen LogP contribution in [-0.4, -0.2) is 25.2 Å². The van der Waals surface area contributed by atoms with Gasteiger partial charge in [-0.1, -0.05) is 22.8 Å². The Morgan fingerprint density at radius 1 is 1.29 bits per heavy atom. The Morgan fingerprint density at radius 3 is 2.71 bits per heavy atom. The summed E-state index contributed by atoms with van der Waals surface area (Å²) >= 11 is 6.06. The number of anilines is 2. The van der Waals surface area contributed by atoms with Crippen LogP contribution >= 0.6 is 11.6 Å². The average molecular weight is 306 g/mol. The van der Waals surface area contributed by atoms with Gasteiger partial charge in [0.2, 0.25) is 0 Å². The Balaban J connectivity index is 2.51. The number of methoxy groups -OCH3 is 1. The van der Waals surface area contributed by atoms with Gasteiger partial charge in [0.15, 0.2) is 5.84 Å². The molecule has 0 bridgehead atoms. The van der Waals surface area contributed by atoms with Crippen LogP contribution in [-0.2, 0) is 0 Å². The molecule has 0 saturated carbocycles. The predicted octanol–water partition coefficient (Wildman–Crippen LogP) is 3.21. The summed E-state index contributed by atoms with van der Waals surface area (Å²) in [4.78, 5) is 1.89. The first-order valence-electron chi connectivity index (χ1n) is 6.22. The number of oxime groups is 1. The van der Waals surface area contributed by atoms with Crippen molar-refractivity contribution in [3.63, 3.8) is 0 Å². The van der Waals surface area contributed by atoms with Crippen LogP contribution < -0.4 is 15.4 Å². The number of halogens is 1. The van der Waals surface area contributed by atoms with Crippen LogP contribution in [0.15, 0.2) is 47.6 Å². The number of rotatable bonds is 4. The highest BCUT2D eigenvalue weighted by molar-refractivity contribution is 6.31. The van der Waals surface area contributed by atoms with Crippen molar-refractivity contribution in [1.29, 1.82) is 0 Å². The summed E-state index contributed by atoms with van der Waals surface area (Å²) in [5.74, 6) is 0.767. The van der Waals surface area contributed by atoms with E-state index in [2.05, 4.69) is 5.16 Å². The Bertz CT molecular complexity index is 674. The zero-order valence-electron chi connectivity index (χ0n) is 11.7. The highest BCUT2D eigenvalue weighted by Gasteiger charge is 2.13. The van der Waals surface area contributed by atoms with Gasteiger partial charge in [0.25, 0.3) is 0 Å². The predicted molar refractivity (Wildman–Crippen MR) is 85.0 cm³/mol. The molecule has 0 aliphatic heterocycles. The third-order valence-electron chi connectivity index (χ3n) is 3.15. The van der Waals surface area contributed by atoms with E-state index in [0.29, 0.717) is 10.6 Å². The smallest absolute Gasteiger partial charge is 0.172 e. The zero-order chi connectivity index (χ0) is 15.4. The minimum absolute atomic E-state index is 0.0245. The third-order valence-corrected chi connectivity index (χ3v) is 3.38. The summed E-state index contributed by atoms with van der Waals surface area (Å²) in [5.41, 5.74) is 7.93. The maximum Gasteiger partial charge on any atom is 0.172 e. The van der Waals surface area contributed by atoms with Gasteiger partial charge in [0, 0.05) is 29.4 Å². The Hall–Kier alpha value is -2.40. The molecule has 0 aliphatic carbocycles. The largest absolute Gasteiger partial charge is 0.497 e. The summed E-state index contributed by atoms with van der Waals surface area (Å²) in [6, 6.07) is 12.7. The highest BCUT2D eigenvalue weighted by Crippen LogP contribution is 2.31. The average Bonchev–Trinajstić information content (AvgIpc) is 2.53. The molecule has 0 radical (unpaired) electrons. The van der Waals surface area contributed by atoms with Crippen molar-refractivity contribution in [2.75, 3.05) is 19.1 Å². The van der Waals surface area contributed by atoms with E-state index in [0.717, 1.165) is 17.1 Å². The number of amidine groups is 1. The molecule has 0 fully saturated rings. The summed E-state index contributed by atoms with van der Waals surface area (Å²) in [6.45, 7) is 0. The number of nitrogens with two attached hydrogens (primary N) is 1. The van der Waals surface area contributed by atoms with Crippen molar-refractivity contribution in [1.82, 2.24) is 0 Å². The normalized spacial score (nSPS) is 11.3. The van der Waals surface area contributed by atoms with Gasteiger partial charge < -0.3 is 20.6 Å². The van der Waals surface area contributed by atoms with Gasteiger partial charge in [-0.2, -0.15) is 0 Å². The number of hydrogen-bond acceptors (Lipinski definition) is 4. The van der Waals surface area contributed by atoms with Crippen LogP contribution in [0.5, 0.6) is 5.75 Å². The van der Waals surface area contributed by atoms with Crippen LogP contribution in [0.2, 0.25) is 5.02 Å². The second kappa shape index (κ2) is 6.37. The van der Waals surface area contributed by atoms with E-state index in [1.54, 1.807) is 25.3 Å². The van der Waals surface area contributed by atoms with E-state index < -0.39 is 0 Å². The van der Waals surface area contributed by atoms with Crippen molar-refractivity contribution in [2.45, 2.75) is 0 Å². The van der Waals surface area contributed by atoms with Gasteiger partial charge in [-0.3, -0.25) is 0 Å². The summed E-state index contributed by atoms with van der Waals surface area (Å²) < 4.78 is 5.22. The molecule has 110 valence electrons. The lowest BCUT2D eigenvalue weighted by atomic mass is 10.1. The Labute approximate surface area is 128 Å². The molecule has 5 nitrogen and oxygen atoms in total. The Morgan fingerprint density at radius 2 is 2.05 bits per heavy atom. The molecular formula is C15H16ClN3O2. The van der Waals surface area contributed by atoms with Gasteiger partial charge in [0.05, 0.1) is 12.8 Å². The van der Waals surface area contributed by atoms with Gasteiger partial charge >= 0.3 is 0 Å². The monoisotopic (exact) mass is 305 g/mol. The van der Waals surface area contributed by atoms with Crippen LogP contribution in [0, 0.1) is 0 Å². The van der Waals surface area contributed by atoms with Crippen molar-refractivity contribution < 1.29 is 9.94 Å². The summed E-state index contributed by atoms with van der Waals surface area (Å²) in [7, 11) is 3.48. The van der Waals surface area contributed by atoms with E-state index >= 15 is 0 Å². The van der Waals surface area contributed by atoms with E-state index in [-0.39, 0.29) is 5.84 Å². The fourth-order valence-electron chi connectivity index (χ4n) is 2.01. The number of hydrogen-bond donors (Lipinski definition) is 2. The first-order chi connectivity index (χ1) is 10.1. The van der Waals surface area contributed by atoms with Gasteiger partial charge in [-0.15, -0.1) is 0 Å². The second-order valence-corrected chi connectivity index (χ2v) is 4.84. The van der Waals surface area contributed by atoms with Crippen LogP contribution in [0.1, 0.15) is 5.56 Å². The molecule has 0 saturated heterocycles. The molecule has 6 heteroatoms. The van der Waals surface area contributed by atoms with Gasteiger partial charge in [0.1, 0.15) is 5.75 Å². The van der Waals surface area contributed by atoms with Gasteiger partial charge in [-0.25, -0.2) is 0 Å². The first kappa shape index (κ1) is 15.0. The van der Waals surface area contributed by atoms with E-state index in [1.165, 1.54) is 0 Å².